The normalized spacial score (nSPS) is 12.3. The summed E-state index contributed by atoms with van der Waals surface area (Å²) in [4.78, 5) is 14.6. The van der Waals surface area contributed by atoms with Crippen molar-refractivity contribution in [1.82, 2.24) is 20.0 Å². The highest BCUT2D eigenvalue weighted by atomic mass is 16.4. The van der Waals surface area contributed by atoms with Crippen molar-refractivity contribution in [2.75, 3.05) is 0 Å². The van der Waals surface area contributed by atoms with Gasteiger partial charge in [-0.2, -0.15) is 0 Å². The quantitative estimate of drug-likeness (QED) is 0.830. The number of aromatic nitrogens is 4. The zero-order valence-corrected chi connectivity index (χ0v) is 8.61. The Hall–Kier alpha value is -2.24. The van der Waals surface area contributed by atoms with Gasteiger partial charge in [-0.1, -0.05) is 11.3 Å². The molecule has 1 atom stereocenters. The minimum atomic E-state index is -1.08. The number of aromatic carboxylic acids is 1. The molecule has 2 rings (SSSR count). The molecule has 0 aliphatic rings. The van der Waals surface area contributed by atoms with Crippen LogP contribution < -0.4 is 0 Å². The summed E-state index contributed by atoms with van der Waals surface area (Å²) in [5.41, 5.74) is 0.889. The Morgan fingerprint density at radius 3 is 2.94 bits per heavy atom. The van der Waals surface area contributed by atoms with Crippen molar-refractivity contribution in [2.24, 2.45) is 0 Å². The van der Waals surface area contributed by atoms with E-state index in [9.17, 15) is 4.79 Å². The Labute approximate surface area is 91.6 Å². The van der Waals surface area contributed by atoms with E-state index in [0.717, 1.165) is 5.56 Å². The Bertz CT molecular complexity index is 495. The summed E-state index contributed by atoms with van der Waals surface area (Å²) < 4.78 is 1.50. The first-order chi connectivity index (χ1) is 7.68. The topological polar surface area (TPSA) is 80.9 Å². The van der Waals surface area contributed by atoms with Crippen LogP contribution in [-0.4, -0.2) is 31.1 Å². The van der Waals surface area contributed by atoms with Crippen LogP contribution in [0.5, 0.6) is 0 Å². The average Bonchev–Trinajstić information content (AvgIpc) is 2.78. The second-order valence-corrected chi connectivity index (χ2v) is 3.35. The summed E-state index contributed by atoms with van der Waals surface area (Å²) in [5, 5.41) is 16.0. The monoisotopic (exact) mass is 218 g/mol. The molecule has 0 spiro atoms. The van der Waals surface area contributed by atoms with Gasteiger partial charge in [-0.25, -0.2) is 9.48 Å². The van der Waals surface area contributed by atoms with Gasteiger partial charge in [-0.15, -0.1) is 5.10 Å². The standard InChI is InChI=1S/C10H10N4O2/c1-7(8-3-2-4-11-5-8)14-6-9(10(15)16)12-13-14/h2-7H,1H3,(H,15,16). The molecule has 6 heteroatoms. The third-order valence-electron chi connectivity index (χ3n) is 2.29. The lowest BCUT2D eigenvalue weighted by Crippen LogP contribution is -2.07. The number of carboxylic acid groups (broad SMARTS) is 1. The fraction of sp³-hybridized carbons (Fsp3) is 0.200. The van der Waals surface area contributed by atoms with Crippen molar-refractivity contribution < 1.29 is 9.90 Å². The number of rotatable bonds is 3. The molecule has 0 radical (unpaired) electrons. The molecule has 0 aliphatic heterocycles. The molecular weight excluding hydrogens is 208 g/mol. The Morgan fingerprint density at radius 1 is 1.56 bits per heavy atom. The predicted octanol–water partition coefficient (Wildman–Crippen LogP) is 0.981. The van der Waals surface area contributed by atoms with Gasteiger partial charge in [0.25, 0.3) is 0 Å². The van der Waals surface area contributed by atoms with Crippen LogP contribution in [0.4, 0.5) is 0 Å². The van der Waals surface area contributed by atoms with Gasteiger partial charge in [0.1, 0.15) is 0 Å². The third-order valence-corrected chi connectivity index (χ3v) is 2.29. The van der Waals surface area contributed by atoms with Gasteiger partial charge in [0.15, 0.2) is 5.69 Å². The van der Waals surface area contributed by atoms with Gasteiger partial charge in [-0.3, -0.25) is 4.98 Å². The fourth-order valence-corrected chi connectivity index (χ4v) is 1.34. The van der Waals surface area contributed by atoms with E-state index in [4.69, 9.17) is 5.11 Å². The van der Waals surface area contributed by atoms with Gasteiger partial charge >= 0.3 is 5.97 Å². The first-order valence-corrected chi connectivity index (χ1v) is 4.73. The summed E-state index contributed by atoms with van der Waals surface area (Å²) in [5.74, 6) is -1.08. The predicted molar refractivity (Wildman–Crippen MR) is 55.0 cm³/mol. The van der Waals surface area contributed by atoms with Crippen LogP contribution in [0.1, 0.15) is 29.0 Å². The van der Waals surface area contributed by atoms with E-state index in [2.05, 4.69) is 15.3 Å². The molecule has 0 saturated carbocycles. The van der Waals surface area contributed by atoms with Crippen molar-refractivity contribution in [3.63, 3.8) is 0 Å². The molecule has 2 aromatic rings. The van der Waals surface area contributed by atoms with Crippen molar-refractivity contribution >= 4 is 5.97 Å². The van der Waals surface area contributed by atoms with E-state index in [1.54, 1.807) is 12.4 Å². The van der Waals surface area contributed by atoms with Gasteiger partial charge < -0.3 is 5.11 Å². The van der Waals surface area contributed by atoms with Crippen LogP contribution in [0.25, 0.3) is 0 Å². The highest BCUT2D eigenvalue weighted by Gasteiger charge is 2.13. The molecule has 16 heavy (non-hydrogen) atoms. The van der Waals surface area contributed by atoms with E-state index < -0.39 is 5.97 Å². The highest BCUT2D eigenvalue weighted by Crippen LogP contribution is 2.14. The second kappa shape index (κ2) is 4.09. The number of carbonyl (C=O) groups is 1. The third kappa shape index (κ3) is 1.90. The lowest BCUT2D eigenvalue weighted by Gasteiger charge is -2.10. The maximum Gasteiger partial charge on any atom is 0.358 e. The molecule has 2 heterocycles. The second-order valence-electron chi connectivity index (χ2n) is 3.35. The largest absolute Gasteiger partial charge is 0.476 e. The highest BCUT2D eigenvalue weighted by molar-refractivity contribution is 5.84. The average molecular weight is 218 g/mol. The van der Waals surface area contributed by atoms with Crippen molar-refractivity contribution in [1.29, 1.82) is 0 Å². The van der Waals surface area contributed by atoms with Gasteiger partial charge in [0, 0.05) is 12.4 Å². The molecule has 0 aliphatic carbocycles. The van der Waals surface area contributed by atoms with Crippen LogP contribution in [-0.2, 0) is 0 Å². The summed E-state index contributed by atoms with van der Waals surface area (Å²) in [6, 6.07) is 3.63. The number of pyridine rings is 1. The van der Waals surface area contributed by atoms with Crippen LogP contribution in [0.3, 0.4) is 0 Å². The molecule has 0 saturated heterocycles. The van der Waals surface area contributed by atoms with Crippen LogP contribution in [0, 0.1) is 0 Å². The first kappa shape index (κ1) is 10.3. The Balaban J connectivity index is 2.27. The number of hydrogen-bond donors (Lipinski definition) is 1. The summed E-state index contributed by atoms with van der Waals surface area (Å²) in [7, 11) is 0. The smallest absolute Gasteiger partial charge is 0.358 e. The van der Waals surface area contributed by atoms with Gasteiger partial charge in [0.2, 0.25) is 0 Å². The van der Waals surface area contributed by atoms with Crippen LogP contribution in [0.15, 0.2) is 30.7 Å². The SMILES string of the molecule is CC(c1cccnc1)n1cc(C(=O)O)nn1. The van der Waals surface area contributed by atoms with E-state index in [0.29, 0.717) is 0 Å². The summed E-state index contributed by atoms with van der Waals surface area (Å²) >= 11 is 0. The van der Waals surface area contributed by atoms with E-state index in [1.165, 1.54) is 10.9 Å². The molecule has 1 unspecified atom stereocenters. The first-order valence-electron chi connectivity index (χ1n) is 4.73. The van der Waals surface area contributed by atoms with Gasteiger partial charge in [-0.05, 0) is 18.6 Å². The number of hydrogen-bond acceptors (Lipinski definition) is 4. The van der Waals surface area contributed by atoms with Crippen LogP contribution in [0.2, 0.25) is 0 Å². The summed E-state index contributed by atoms with van der Waals surface area (Å²) in [6.07, 6.45) is 4.80. The lowest BCUT2D eigenvalue weighted by molar-refractivity contribution is 0.0690. The molecule has 1 N–H and O–H groups in total. The zero-order chi connectivity index (χ0) is 11.5. The zero-order valence-electron chi connectivity index (χ0n) is 8.61. The number of nitrogens with zero attached hydrogens (tertiary/aromatic N) is 4. The van der Waals surface area contributed by atoms with Gasteiger partial charge in [0.05, 0.1) is 12.2 Å². The molecule has 0 fully saturated rings. The maximum absolute atomic E-state index is 10.6. The summed E-state index contributed by atoms with van der Waals surface area (Å²) in [6.45, 7) is 1.90. The lowest BCUT2D eigenvalue weighted by atomic mass is 10.1. The molecule has 0 aromatic carbocycles. The minimum Gasteiger partial charge on any atom is -0.476 e. The molecular formula is C10H10N4O2. The molecule has 0 amide bonds. The minimum absolute atomic E-state index is 0.0595. The van der Waals surface area contributed by atoms with Crippen molar-refractivity contribution in [3.05, 3.63) is 42.0 Å². The Morgan fingerprint density at radius 2 is 2.38 bits per heavy atom. The maximum atomic E-state index is 10.6. The molecule has 0 bridgehead atoms. The van der Waals surface area contributed by atoms with Crippen molar-refractivity contribution in [2.45, 2.75) is 13.0 Å². The number of carboxylic acids is 1. The Kier molecular flexibility index (Phi) is 2.63. The van der Waals surface area contributed by atoms with Crippen LogP contribution >= 0.6 is 0 Å². The molecule has 6 nitrogen and oxygen atoms in total. The van der Waals surface area contributed by atoms with E-state index in [1.807, 2.05) is 19.1 Å². The molecule has 2 aromatic heterocycles. The van der Waals surface area contributed by atoms with E-state index in [-0.39, 0.29) is 11.7 Å². The van der Waals surface area contributed by atoms with E-state index >= 15 is 0 Å². The molecule has 82 valence electrons. The fourth-order valence-electron chi connectivity index (χ4n) is 1.34. The van der Waals surface area contributed by atoms with Crippen molar-refractivity contribution in [3.8, 4) is 0 Å².